The van der Waals surface area contributed by atoms with Gasteiger partial charge in [-0.25, -0.2) is 0 Å². The van der Waals surface area contributed by atoms with Crippen molar-refractivity contribution in [1.82, 2.24) is 20.1 Å². The summed E-state index contributed by atoms with van der Waals surface area (Å²) in [5.41, 5.74) is 1.18. The molecule has 0 saturated carbocycles. The lowest BCUT2D eigenvalue weighted by Gasteiger charge is -2.41. The molecule has 0 spiro atoms. The molecule has 5 heteroatoms. The van der Waals surface area contributed by atoms with Crippen LogP contribution in [0.1, 0.15) is 31.2 Å². The highest BCUT2D eigenvalue weighted by molar-refractivity contribution is 5.78. The lowest BCUT2D eigenvalue weighted by molar-refractivity contribution is -0.127. The van der Waals surface area contributed by atoms with Crippen LogP contribution < -0.4 is 5.32 Å². The largest absolute Gasteiger partial charge is 0.355 e. The van der Waals surface area contributed by atoms with Gasteiger partial charge in [0.05, 0.1) is 5.92 Å². The van der Waals surface area contributed by atoms with Gasteiger partial charge in [-0.15, -0.1) is 0 Å². The Balaban J connectivity index is 1.43. The molecule has 0 radical (unpaired) electrons. The van der Waals surface area contributed by atoms with Gasteiger partial charge < -0.3 is 10.2 Å². The zero-order chi connectivity index (χ0) is 16.8. The number of nitrogens with zero attached hydrogens (tertiary/aromatic N) is 3. The van der Waals surface area contributed by atoms with E-state index in [9.17, 15) is 4.79 Å². The molecule has 132 valence electrons. The number of hydrogen-bond donors (Lipinski definition) is 1. The molecule has 0 aliphatic carbocycles. The van der Waals surface area contributed by atoms with Crippen molar-refractivity contribution in [2.75, 3.05) is 39.8 Å². The van der Waals surface area contributed by atoms with E-state index in [1.807, 2.05) is 12.3 Å². The number of carbonyl (C=O) groups excluding carboxylic acids is 1. The SMILES string of the molecule is CN1CCC(N2CCCC(C(=O)NCCc3cccnc3)C2)CC1. The summed E-state index contributed by atoms with van der Waals surface area (Å²) in [6, 6.07) is 4.67. The minimum Gasteiger partial charge on any atom is -0.355 e. The minimum absolute atomic E-state index is 0.160. The topological polar surface area (TPSA) is 48.5 Å². The number of piperidine rings is 2. The molecule has 1 aromatic rings. The molecule has 1 aromatic heterocycles. The molecule has 1 atom stereocenters. The number of nitrogens with one attached hydrogen (secondary N) is 1. The molecule has 1 N–H and O–H groups in total. The number of hydrogen-bond acceptors (Lipinski definition) is 4. The smallest absolute Gasteiger partial charge is 0.224 e. The van der Waals surface area contributed by atoms with E-state index in [0.717, 1.165) is 32.4 Å². The molecule has 3 heterocycles. The van der Waals surface area contributed by atoms with E-state index in [-0.39, 0.29) is 11.8 Å². The van der Waals surface area contributed by atoms with Crippen LogP contribution in [-0.4, -0.2) is 66.5 Å². The first kappa shape index (κ1) is 17.4. The van der Waals surface area contributed by atoms with Crippen molar-refractivity contribution in [2.45, 2.75) is 38.1 Å². The maximum absolute atomic E-state index is 12.5. The normalized spacial score (nSPS) is 24.0. The zero-order valence-electron chi connectivity index (χ0n) is 14.8. The van der Waals surface area contributed by atoms with Crippen LogP contribution in [0.25, 0.3) is 0 Å². The van der Waals surface area contributed by atoms with Crippen LogP contribution in [-0.2, 0) is 11.2 Å². The molecule has 2 aliphatic heterocycles. The van der Waals surface area contributed by atoms with Gasteiger partial charge in [0.15, 0.2) is 0 Å². The first-order valence-corrected chi connectivity index (χ1v) is 9.31. The van der Waals surface area contributed by atoms with Crippen molar-refractivity contribution in [3.05, 3.63) is 30.1 Å². The standard InChI is InChI=1S/C19H30N4O/c1-22-12-7-18(8-13-22)23-11-3-5-17(15-23)19(24)21-10-6-16-4-2-9-20-14-16/h2,4,9,14,17-18H,3,5-8,10-13,15H2,1H3,(H,21,24). The summed E-state index contributed by atoms with van der Waals surface area (Å²) in [4.78, 5) is 21.6. The molecule has 0 aromatic carbocycles. The molecular formula is C19H30N4O. The summed E-state index contributed by atoms with van der Waals surface area (Å²) < 4.78 is 0. The Hall–Kier alpha value is -1.46. The van der Waals surface area contributed by atoms with E-state index in [2.05, 4.69) is 33.2 Å². The first-order chi connectivity index (χ1) is 11.7. The lowest BCUT2D eigenvalue weighted by Crippen LogP contribution is -2.50. The highest BCUT2D eigenvalue weighted by atomic mass is 16.1. The monoisotopic (exact) mass is 330 g/mol. The van der Waals surface area contributed by atoms with Gasteiger partial charge in [-0.2, -0.15) is 0 Å². The number of pyridine rings is 1. The third-order valence-corrected chi connectivity index (χ3v) is 5.46. The molecule has 3 rings (SSSR count). The van der Waals surface area contributed by atoms with Gasteiger partial charge in [0.25, 0.3) is 0 Å². The summed E-state index contributed by atoms with van der Waals surface area (Å²) >= 11 is 0. The highest BCUT2D eigenvalue weighted by Gasteiger charge is 2.30. The number of likely N-dealkylation sites (tertiary alicyclic amines) is 2. The Morgan fingerprint density at radius 2 is 2.12 bits per heavy atom. The molecule has 1 amide bonds. The third-order valence-electron chi connectivity index (χ3n) is 5.46. The fraction of sp³-hybridized carbons (Fsp3) is 0.684. The number of rotatable bonds is 5. The minimum atomic E-state index is 0.160. The molecule has 2 fully saturated rings. The zero-order valence-corrected chi connectivity index (χ0v) is 14.8. The number of amides is 1. The van der Waals surface area contributed by atoms with E-state index >= 15 is 0 Å². The van der Waals surface area contributed by atoms with Crippen molar-refractivity contribution in [2.24, 2.45) is 5.92 Å². The summed E-state index contributed by atoms with van der Waals surface area (Å²) in [6.07, 6.45) is 9.16. The van der Waals surface area contributed by atoms with Crippen molar-refractivity contribution in [1.29, 1.82) is 0 Å². The van der Waals surface area contributed by atoms with Crippen LogP contribution in [0.2, 0.25) is 0 Å². The number of aromatic nitrogens is 1. The van der Waals surface area contributed by atoms with Crippen LogP contribution in [0.5, 0.6) is 0 Å². The number of carbonyl (C=O) groups is 1. The van der Waals surface area contributed by atoms with Crippen LogP contribution in [0.15, 0.2) is 24.5 Å². The van der Waals surface area contributed by atoms with Crippen LogP contribution >= 0.6 is 0 Å². The summed E-state index contributed by atoms with van der Waals surface area (Å²) in [6.45, 7) is 5.17. The van der Waals surface area contributed by atoms with Crippen molar-refractivity contribution in [3.8, 4) is 0 Å². The van der Waals surface area contributed by atoms with Gasteiger partial charge in [-0.1, -0.05) is 6.07 Å². The molecular weight excluding hydrogens is 300 g/mol. The van der Waals surface area contributed by atoms with Crippen LogP contribution in [0, 0.1) is 5.92 Å². The van der Waals surface area contributed by atoms with Gasteiger partial charge in [0, 0.05) is 31.5 Å². The lowest BCUT2D eigenvalue weighted by atomic mass is 9.93. The Labute approximate surface area is 145 Å². The van der Waals surface area contributed by atoms with Crippen molar-refractivity contribution >= 4 is 5.91 Å². The molecule has 24 heavy (non-hydrogen) atoms. The van der Waals surface area contributed by atoms with E-state index in [1.54, 1.807) is 6.20 Å². The van der Waals surface area contributed by atoms with E-state index in [4.69, 9.17) is 0 Å². The van der Waals surface area contributed by atoms with E-state index < -0.39 is 0 Å². The second-order valence-corrected chi connectivity index (χ2v) is 7.27. The van der Waals surface area contributed by atoms with Gasteiger partial charge >= 0.3 is 0 Å². The van der Waals surface area contributed by atoms with Crippen LogP contribution in [0.4, 0.5) is 0 Å². The second kappa shape index (κ2) is 8.58. The highest BCUT2D eigenvalue weighted by Crippen LogP contribution is 2.23. The molecule has 1 unspecified atom stereocenters. The quantitative estimate of drug-likeness (QED) is 0.890. The second-order valence-electron chi connectivity index (χ2n) is 7.27. The van der Waals surface area contributed by atoms with Gasteiger partial charge in [0.2, 0.25) is 5.91 Å². The van der Waals surface area contributed by atoms with Gasteiger partial charge in [-0.3, -0.25) is 14.7 Å². The van der Waals surface area contributed by atoms with Crippen molar-refractivity contribution in [3.63, 3.8) is 0 Å². The molecule has 2 aliphatic rings. The Bertz CT molecular complexity index is 513. The summed E-state index contributed by atoms with van der Waals surface area (Å²) in [5, 5.41) is 3.13. The Morgan fingerprint density at radius 3 is 2.88 bits per heavy atom. The maximum Gasteiger partial charge on any atom is 0.224 e. The Morgan fingerprint density at radius 1 is 1.29 bits per heavy atom. The van der Waals surface area contributed by atoms with Crippen molar-refractivity contribution < 1.29 is 4.79 Å². The van der Waals surface area contributed by atoms with E-state index in [0.29, 0.717) is 12.6 Å². The summed E-state index contributed by atoms with van der Waals surface area (Å²) in [5.74, 6) is 0.392. The third kappa shape index (κ3) is 4.77. The van der Waals surface area contributed by atoms with Gasteiger partial charge in [0.1, 0.15) is 0 Å². The first-order valence-electron chi connectivity index (χ1n) is 9.31. The fourth-order valence-corrected chi connectivity index (χ4v) is 3.93. The van der Waals surface area contributed by atoms with Gasteiger partial charge in [-0.05, 0) is 70.4 Å². The van der Waals surface area contributed by atoms with Crippen LogP contribution in [0.3, 0.4) is 0 Å². The fourth-order valence-electron chi connectivity index (χ4n) is 3.93. The molecule has 2 saturated heterocycles. The average Bonchev–Trinajstić information content (AvgIpc) is 2.63. The molecule has 5 nitrogen and oxygen atoms in total. The predicted octanol–water partition coefficient (Wildman–Crippen LogP) is 1.55. The predicted molar refractivity (Wildman–Crippen MR) is 95.8 cm³/mol. The Kier molecular flexibility index (Phi) is 6.21. The molecule has 0 bridgehead atoms. The average molecular weight is 330 g/mol. The van der Waals surface area contributed by atoms with E-state index in [1.165, 1.54) is 31.5 Å². The summed E-state index contributed by atoms with van der Waals surface area (Å²) in [7, 11) is 2.20. The maximum atomic E-state index is 12.5.